The van der Waals surface area contributed by atoms with Crippen molar-refractivity contribution in [2.45, 2.75) is 38.3 Å². The van der Waals surface area contributed by atoms with Crippen LogP contribution in [0.5, 0.6) is 11.5 Å². The Labute approximate surface area is 169 Å². The van der Waals surface area contributed by atoms with E-state index in [2.05, 4.69) is 15.2 Å². The summed E-state index contributed by atoms with van der Waals surface area (Å²) in [6.45, 7) is 3.17. The predicted octanol–water partition coefficient (Wildman–Crippen LogP) is 1.61. The molecule has 1 fully saturated rings. The Hall–Kier alpha value is -2.87. The third-order valence-electron chi connectivity index (χ3n) is 5.55. The zero-order valence-corrected chi connectivity index (χ0v) is 16.2. The van der Waals surface area contributed by atoms with Gasteiger partial charge in [-0.15, -0.1) is 0 Å². The highest BCUT2D eigenvalue weighted by molar-refractivity contribution is 5.79. The zero-order chi connectivity index (χ0) is 19.6. The quantitative estimate of drug-likeness (QED) is 0.840. The Balaban J connectivity index is 1.20. The van der Waals surface area contributed by atoms with Crippen LogP contribution in [0.2, 0.25) is 0 Å². The highest BCUT2D eigenvalue weighted by atomic mass is 16.7. The highest BCUT2D eigenvalue weighted by Gasteiger charge is 2.24. The van der Waals surface area contributed by atoms with Gasteiger partial charge >= 0.3 is 0 Å². The van der Waals surface area contributed by atoms with Crippen molar-refractivity contribution in [3.05, 3.63) is 41.2 Å². The topological polar surface area (TPSA) is 85.8 Å². The monoisotopic (exact) mass is 396 g/mol. The van der Waals surface area contributed by atoms with Gasteiger partial charge in [0.1, 0.15) is 0 Å². The minimum Gasteiger partial charge on any atom is -0.454 e. The summed E-state index contributed by atoms with van der Waals surface area (Å²) in [6, 6.07) is 5.73. The Morgan fingerprint density at radius 3 is 3.17 bits per heavy atom. The molecule has 1 aromatic heterocycles. The van der Waals surface area contributed by atoms with E-state index in [4.69, 9.17) is 19.2 Å². The maximum atomic E-state index is 12.6. The van der Waals surface area contributed by atoms with Gasteiger partial charge < -0.3 is 24.4 Å². The number of fused-ring (bicyclic) bond motifs is 2. The summed E-state index contributed by atoms with van der Waals surface area (Å²) in [4.78, 5) is 24.0. The van der Waals surface area contributed by atoms with Gasteiger partial charge in [0.15, 0.2) is 11.5 Å². The summed E-state index contributed by atoms with van der Waals surface area (Å²) < 4.78 is 16.2. The van der Waals surface area contributed by atoms with Gasteiger partial charge in [0, 0.05) is 37.3 Å². The lowest BCUT2D eigenvalue weighted by atomic mass is 10.0. The molecule has 0 aliphatic carbocycles. The molecule has 3 aliphatic heterocycles. The summed E-state index contributed by atoms with van der Waals surface area (Å²) in [5, 5.41) is 3.17. The van der Waals surface area contributed by atoms with Crippen LogP contribution in [0.15, 0.2) is 24.4 Å². The van der Waals surface area contributed by atoms with Crippen molar-refractivity contribution in [2.75, 3.05) is 31.4 Å². The van der Waals surface area contributed by atoms with Gasteiger partial charge in [-0.1, -0.05) is 6.07 Å². The molecule has 1 aromatic carbocycles. The average Bonchev–Trinajstić information content (AvgIpc) is 3.21. The number of carbonyl (C=O) groups is 1. The minimum atomic E-state index is 0.0132. The maximum absolute atomic E-state index is 12.6. The number of anilines is 1. The molecule has 2 aromatic rings. The molecule has 8 nitrogen and oxygen atoms in total. The fraction of sp³-hybridized carbons (Fsp3) is 0.476. The van der Waals surface area contributed by atoms with Crippen molar-refractivity contribution in [3.63, 3.8) is 0 Å². The summed E-state index contributed by atoms with van der Waals surface area (Å²) in [5.74, 6) is 2.20. The normalized spacial score (nSPS) is 20.3. The van der Waals surface area contributed by atoms with Crippen LogP contribution >= 0.6 is 0 Å². The summed E-state index contributed by atoms with van der Waals surface area (Å²) in [7, 11) is 0. The van der Waals surface area contributed by atoms with Gasteiger partial charge in [-0.2, -0.15) is 0 Å². The van der Waals surface area contributed by atoms with E-state index < -0.39 is 0 Å². The number of benzene rings is 1. The van der Waals surface area contributed by atoms with Crippen LogP contribution in [0.4, 0.5) is 5.95 Å². The number of carbonyl (C=O) groups excluding carboxylic acids is 1. The summed E-state index contributed by atoms with van der Waals surface area (Å²) in [5.41, 5.74) is 3.07. The van der Waals surface area contributed by atoms with Crippen LogP contribution in [-0.2, 0) is 29.0 Å². The molecule has 29 heavy (non-hydrogen) atoms. The first-order chi connectivity index (χ1) is 14.2. The van der Waals surface area contributed by atoms with Crippen molar-refractivity contribution in [3.8, 4) is 11.5 Å². The van der Waals surface area contributed by atoms with Gasteiger partial charge in [-0.25, -0.2) is 9.97 Å². The lowest BCUT2D eigenvalue weighted by molar-refractivity contribution is -0.121. The molecule has 0 saturated carbocycles. The molecule has 0 radical (unpaired) electrons. The fourth-order valence-corrected chi connectivity index (χ4v) is 4.06. The molecule has 5 rings (SSSR count). The van der Waals surface area contributed by atoms with E-state index in [-0.39, 0.29) is 18.7 Å². The van der Waals surface area contributed by atoms with E-state index in [1.807, 2.05) is 24.4 Å². The largest absolute Gasteiger partial charge is 0.454 e. The predicted molar refractivity (Wildman–Crippen MR) is 105 cm³/mol. The number of nitrogens with one attached hydrogen (secondary N) is 1. The first-order valence-electron chi connectivity index (χ1n) is 10.1. The van der Waals surface area contributed by atoms with Gasteiger partial charge in [0.2, 0.25) is 18.6 Å². The molecule has 1 amide bonds. The van der Waals surface area contributed by atoms with E-state index in [9.17, 15) is 4.79 Å². The van der Waals surface area contributed by atoms with Crippen LogP contribution < -0.4 is 19.7 Å². The minimum absolute atomic E-state index is 0.0132. The van der Waals surface area contributed by atoms with E-state index >= 15 is 0 Å². The van der Waals surface area contributed by atoms with Crippen LogP contribution in [0.3, 0.4) is 0 Å². The summed E-state index contributed by atoms with van der Waals surface area (Å²) in [6.07, 6.45) is 4.98. The number of hydrogen-bond acceptors (Lipinski definition) is 7. The molecular weight excluding hydrogens is 372 g/mol. The first kappa shape index (κ1) is 18.2. The number of piperidine rings is 1. The van der Waals surface area contributed by atoms with E-state index in [1.54, 1.807) is 0 Å². The lowest BCUT2D eigenvalue weighted by Crippen LogP contribution is -2.48. The third-order valence-corrected chi connectivity index (χ3v) is 5.55. The maximum Gasteiger partial charge on any atom is 0.231 e. The standard InChI is InChI=1S/C21H24N4O4/c26-20(9-14-3-4-18-19(8-14)29-13-28-18)23-16-2-1-6-25(11-16)21-22-10-15-12-27-7-5-17(15)24-21/h3-4,8,10,16H,1-2,5-7,9,11-13H2,(H,23,26)/t16-/m0/s1. The Morgan fingerprint density at radius 2 is 2.21 bits per heavy atom. The number of amides is 1. The van der Waals surface area contributed by atoms with Crippen molar-refractivity contribution in [1.82, 2.24) is 15.3 Å². The second kappa shape index (κ2) is 7.87. The highest BCUT2D eigenvalue weighted by Crippen LogP contribution is 2.32. The Bertz CT molecular complexity index is 920. The number of hydrogen-bond donors (Lipinski definition) is 1. The molecule has 4 heterocycles. The molecule has 1 saturated heterocycles. The van der Waals surface area contributed by atoms with Crippen molar-refractivity contribution in [2.24, 2.45) is 0 Å². The Kier molecular flexibility index (Phi) is 4.93. The van der Waals surface area contributed by atoms with Gasteiger partial charge in [0.05, 0.1) is 25.3 Å². The molecule has 0 bridgehead atoms. The zero-order valence-electron chi connectivity index (χ0n) is 16.2. The molecule has 0 unspecified atom stereocenters. The second-order valence-corrected chi connectivity index (χ2v) is 7.66. The van der Waals surface area contributed by atoms with Crippen molar-refractivity contribution < 1.29 is 19.0 Å². The Morgan fingerprint density at radius 1 is 1.28 bits per heavy atom. The summed E-state index contributed by atoms with van der Waals surface area (Å²) >= 11 is 0. The molecule has 152 valence electrons. The van der Waals surface area contributed by atoms with Crippen LogP contribution in [0, 0.1) is 0 Å². The van der Waals surface area contributed by atoms with E-state index in [0.29, 0.717) is 25.4 Å². The fourth-order valence-electron chi connectivity index (χ4n) is 4.06. The number of rotatable bonds is 4. The van der Waals surface area contributed by atoms with E-state index in [1.165, 1.54) is 0 Å². The number of nitrogens with zero attached hydrogens (tertiary/aromatic N) is 3. The van der Waals surface area contributed by atoms with Crippen LogP contribution in [-0.4, -0.2) is 48.4 Å². The van der Waals surface area contributed by atoms with Crippen LogP contribution in [0.1, 0.15) is 29.7 Å². The molecule has 0 spiro atoms. The lowest BCUT2D eigenvalue weighted by Gasteiger charge is -2.33. The van der Waals surface area contributed by atoms with Crippen LogP contribution in [0.25, 0.3) is 0 Å². The molecule has 1 atom stereocenters. The third kappa shape index (κ3) is 3.98. The second-order valence-electron chi connectivity index (χ2n) is 7.66. The number of ether oxygens (including phenoxy) is 3. The van der Waals surface area contributed by atoms with Gasteiger partial charge in [0.25, 0.3) is 0 Å². The molecule has 8 heteroatoms. The molecule has 3 aliphatic rings. The van der Waals surface area contributed by atoms with Crippen molar-refractivity contribution >= 4 is 11.9 Å². The van der Waals surface area contributed by atoms with Gasteiger partial charge in [-0.3, -0.25) is 4.79 Å². The van der Waals surface area contributed by atoms with E-state index in [0.717, 1.165) is 60.9 Å². The first-order valence-corrected chi connectivity index (χ1v) is 10.1. The smallest absolute Gasteiger partial charge is 0.231 e. The SMILES string of the molecule is O=C(Cc1ccc2c(c1)OCO2)N[C@H]1CCCN(c2ncc3c(n2)CCOC3)C1. The molecular formula is C21H24N4O4. The van der Waals surface area contributed by atoms with Gasteiger partial charge in [-0.05, 0) is 30.5 Å². The van der Waals surface area contributed by atoms with Crippen molar-refractivity contribution in [1.29, 1.82) is 0 Å². The average molecular weight is 396 g/mol. The molecule has 1 N–H and O–H groups in total. The number of aromatic nitrogens is 2.